The first-order valence-electron chi connectivity index (χ1n) is 13.7. The van der Waals surface area contributed by atoms with Crippen molar-refractivity contribution in [2.75, 3.05) is 46.0 Å². The van der Waals surface area contributed by atoms with Crippen molar-refractivity contribution < 1.29 is 23.9 Å². The number of carbonyl (C=O) groups excluding carboxylic acids is 3. The monoisotopic (exact) mass is 529 g/mol. The van der Waals surface area contributed by atoms with Crippen LogP contribution in [0.25, 0.3) is 0 Å². The number of nitrogens with one attached hydrogen (secondary N) is 2. The maximum Gasteiger partial charge on any atom is 0.251 e. The van der Waals surface area contributed by atoms with Crippen LogP contribution in [-0.4, -0.2) is 91.9 Å². The first-order valence-corrected chi connectivity index (χ1v) is 13.7. The second-order valence-electron chi connectivity index (χ2n) is 10.6. The lowest BCUT2D eigenvalue weighted by atomic mass is 10.0. The van der Waals surface area contributed by atoms with Crippen LogP contribution >= 0.6 is 0 Å². The molecule has 0 bridgehead atoms. The molecule has 210 valence electrons. The summed E-state index contributed by atoms with van der Waals surface area (Å²) in [6.45, 7) is 13.3. The lowest BCUT2D eigenvalue weighted by Gasteiger charge is -2.26. The zero-order valence-corrected chi connectivity index (χ0v) is 23.2. The van der Waals surface area contributed by atoms with Crippen LogP contribution in [0.3, 0.4) is 0 Å². The molecule has 2 saturated heterocycles. The molecule has 2 aliphatic heterocycles. The van der Waals surface area contributed by atoms with Crippen LogP contribution in [-0.2, 0) is 14.3 Å². The second kappa shape index (κ2) is 14.8. The van der Waals surface area contributed by atoms with Gasteiger partial charge in [-0.2, -0.15) is 5.10 Å². The molecule has 0 aliphatic carbocycles. The molecule has 0 aromatic heterocycles. The zero-order valence-electron chi connectivity index (χ0n) is 23.2. The molecule has 10 heteroatoms. The van der Waals surface area contributed by atoms with Gasteiger partial charge in [0.15, 0.2) is 0 Å². The molecule has 2 atom stereocenters. The maximum atomic E-state index is 13.2. The summed E-state index contributed by atoms with van der Waals surface area (Å²) in [5.41, 5.74) is 0.460. The number of hydrogen-bond donors (Lipinski definition) is 2. The van der Waals surface area contributed by atoms with E-state index in [1.165, 1.54) is 5.01 Å². The minimum Gasteiger partial charge on any atom is -0.492 e. The molecule has 2 fully saturated rings. The average Bonchev–Trinajstić information content (AvgIpc) is 3.31. The van der Waals surface area contributed by atoms with Crippen molar-refractivity contribution in [3.63, 3.8) is 0 Å². The van der Waals surface area contributed by atoms with Gasteiger partial charge in [0.05, 0.1) is 19.3 Å². The number of nitrogens with zero attached hydrogens (tertiary/aromatic N) is 3. The lowest BCUT2D eigenvalue weighted by Crippen LogP contribution is -2.51. The number of hydrazone groups is 1. The van der Waals surface area contributed by atoms with Gasteiger partial charge < -0.3 is 20.1 Å². The predicted octanol–water partition coefficient (Wildman–Crippen LogP) is 2.29. The van der Waals surface area contributed by atoms with Crippen molar-refractivity contribution in [3.05, 3.63) is 29.8 Å². The molecule has 0 spiro atoms. The van der Waals surface area contributed by atoms with Gasteiger partial charge in [-0.15, -0.1) is 0 Å². The minimum absolute atomic E-state index is 0.00597. The van der Waals surface area contributed by atoms with Gasteiger partial charge in [-0.3, -0.25) is 19.3 Å². The summed E-state index contributed by atoms with van der Waals surface area (Å²) in [5, 5.41) is 11.7. The van der Waals surface area contributed by atoms with Gasteiger partial charge in [0, 0.05) is 44.4 Å². The van der Waals surface area contributed by atoms with Crippen LogP contribution in [0.5, 0.6) is 5.75 Å². The summed E-state index contributed by atoms with van der Waals surface area (Å²) in [5.74, 6) is 0.361. The Morgan fingerprint density at radius 3 is 2.39 bits per heavy atom. The van der Waals surface area contributed by atoms with Crippen molar-refractivity contribution >= 4 is 23.9 Å². The summed E-state index contributed by atoms with van der Waals surface area (Å²) in [4.78, 5) is 40.4. The van der Waals surface area contributed by atoms with E-state index in [1.807, 2.05) is 27.7 Å². The van der Waals surface area contributed by atoms with Crippen molar-refractivity contribution in [3.8, 4) is 5.75 Å². The Bertz CT molecular complexity index is 943. The van der Waals surface area contributed by atoms with E-state index in [2.05, 4.69) is 20.6 Å². The highest BCUT2D eigenvalue weighted by Crippen LogP contribution is 2.14. The molecular formula is C28H43N5O5. The van der Waals surface area contributed by atoms with Gasteiger partial charge in [-0.25, -0.2) is 5.01 Å². The normalized spacial score (nSPS) is 18.3. The predicted molar refractivity (Wildman–Crippen MR) is 146 cm³/mol. The Labute approximate surface area is 226 Å². The number of rotatable bonds is 13. The Balaban J connectivity index is 1.55. The summed E-state index contributed by atoms with van der Waals surface area (Å²) in [6.07, 6.45) is 3.41. The Kier molecular flexibility index (Phi) is 11.5. The van der Waals surface area contributed by atoms with Crippen LogP contribution < -0.4 is 15.4 Å². The summed E-state index contributed by atoms with van der Waals surface area (Å²) < 4.78 is 11.2. The van der Waals surface area contributed by atoms with Crippen LogP contribution in [0.1, 0.15) is 57.3 Å². The van der Waals surface area contributed by atoms with E-state index in [0.29, 0.717) is 37.3 Å². The van der Waals surface area contributed by atoms with Crippen molar-refractivity contribution in [2.45, 2.75) is 59.0 Å². The van der Waals surface area contributed by atoms with Gasteiger partial charge in [0.25, 0.3) is 5.91 Å². The quantitative estimate of drug-likeness (QED) is 0.379. The molecule has 2 N–H and O–H groups in total. The molecule has 1 aromatic rings. The molecule has 1 aromatic carbocycles. The van der Waals surface area contributed by atoms with Crippen molar-refractivity contribution in [2.24, 2.45) is 16.9 Å². The van der Waals surface area contributed by atoms with Crippen LogP contribution in [0, 0.1) is 11.8 Å². The van der Waals surface area contributed by atoms with E-state index >= 15 is 0 Å². The fourth-order valence-corrected chi connectivity index (χ4v) is 4.31. The first kappa shape index (κ1) is 29.6. The van der Waals surface area contributed by atoms with Gasteiger partial charge in [0.2, 0.25) is 11.8 Å². The molecule has 0 radical (unpaired) electrons. The topological polar surface area (TPSA) is 113 Å². The molecule has 2 heterocycles. The number of hydrogen-bond acceptors (Lipinski definition) is 7. The Morgan fingerprint density at radius 2 is 1.79 bits per heavy atom. The fourth-order valence-electron chi connectivity index (χ4n) is 4.31. The van der Waals surface area contributed by atoms with Gasteiger partial charge in [-0.05, 0) is 48.9 Å². The molecule has 0 saturated carbocycles. The third-order valence-corrected chi connectivity index (χ3v) is 6.67. The fraction of sp³-hybridized carbons (Fsp3) is 0.643. The van der Waals surface area contributed by atoms with E-state index < -0.39 is 6.04 Å². The highest BCUT2D eigenvalue weighted by molar-refractivity contribution is 5.98. The molecule has 38 heavy (non-hydrogen) atoms. The number of carbonyl (C=O) groups is 3. The number of ether oxygens (including phenoxy) is 2. The van der Waals surface area contributed by atoms with Crippen LogP contribution in [0.4, 0.5) is 0 Å². The average molecular weight is 530 g/mol. The van der Waals surface area contributed by atoms with E-state index in [1.54, 1.807) is 30.5 Å². The molecular weight excluding hydrogens is 486 g/mol. The van der Waals surface area contributed by atoms with Crippen LogP contribution in [0.15, 0.2) is 29.4 Å². The standard InChI is InChI=1S/C28H43N5O5/c1-20(2)18-24(28(36)31-25(21(3)4)19-29-33-11-5-6-26(33)34)30-27(35)22-7-9-23(10-8-22)38-17-14-32-12-15-37-16-13-32/h7-10,19-21,24-25H,5-6,11-18H2,1-4H3,(H,30,35)(H,31,36)/b29-19+/t24-,25?/m0/s1. The highest BCUT2D eigenvalue weighted by Gasteiger charge is 2.26. The molecule has 3 amide bonds. The van der Waals surface area contributed by atoms with Gasteiger partial charge >= 0.3 is 0 Å². The number of morpholine rings is 1. The smallest absolute Gasteiger partial charge is 0.251 e. The van der Waals surface area contributed by atoms with E-state index in [4.69, 9.17) is 9.47 Å². The minimum atomic E-state index is -0.699. The molecule has 2 aliphatic rings. The third kappa shape index (κ3) is 9.40. The largest absolute Gasteiger partial charge is 0.492 e. The third-order valence-electron chi connectivity index (χ3n) is 6.67. The summed E-state index contributed by atoms with van der Waals surface area (Å²) in [7, 11) is 0. The molecule has 3 rings (SSSR count). The lowest BCUT2D eigenvalue weighted by molar-refractivity contribution is -0.127. The van der Waals surface area contributed by atoms with Gasteiger partial charge in [-0.1, -0.05) is 27.7 Å². The van der Waals surface area contributed by atoms with E-state index in [0.717, 1.165) is 39.3 Å². The highest BCUT2D eigenvalue weighted by atomic mass is 16.5. The first-order chi connectivity index (χ1) is 18.2. The van der Waals surface area contributed by atoms with E-state index in [-0.39, 0.29) is 35.6 Å². The number of benzene rings is 1. The summed E-state index contributed by atoms with van der Waals surface area (Å²) in [6, 6.07) is 5.90. The SMILES string of the molecule is CC(C)C[C@H](NC(=O)c1ccc(OCCN2CCOCC2)cc1)C(=O)NC(/C=N/N1CCCC1=O)C(C)C. The van der Waals surface area contributed by atoms with Crippen molar-refractivity contribution in [1.29, 1.82) is 0 Å². The number of amides is 3. The molecule has 10 nitrogen and oxygen atoms in total. The molecule has 1 unspecified atom stereocenters. The zero-order chi connectivity index (χ0) is 27.5. The maximum absolute atomic E-state index is 13.2. The van der Waals surface area contributed by atoms with Gasteiger partial charge in [0.1, 0.15) is 18.4 Å². The van der Waals surface area contributed by atoms with Crippen molar-refractivity contribution in [1.82, 2.24) is 20.5 Å². The van der Waals surface area contributed by atoms with Crippen LogP contribution in [0.2, 0.25) is 0 Å². The Hall–Kier alpha value is -2.98. The van der Waals surface area contributed by atoms with E-state index in [9.17, 15) is 14.4 Å². The second-order valence-corrected chi connectivity index (χ2v) is 10.6. The summed E-state index contributed by atoms with van der Waals surface area (Å²) >= 11 is 0. The Morgan fingerprint density at radius 1 is 1.08 bits per heavy atom.